The van der Waals surface area contributed by atoms with Crippen molar-refractivity contribution in [2.45, 2.75) is 47.1 Å². The molecular weight excluding hydrogens is 382 g/mol. The first-order chi connectivity index (χ1) is 14.2. The Kier molecular flexibility index (Phi) is 6.74. The number of carbonyl (C=O) groups is 1. The summed E-state index contributed by atoms with van der Waals surface area (Å²) in [5.41, 5.74) is 2.96. The fourth-order valence-corrected chi connectivity index (χ4v) is 4.08. The molecule has 0 spiro atoms. The summed E-state index contributed by atoms with van der Waals surface area (Å²) in [6.07, 6.45) is 2.16. The second kappa shape index (κ2) is 9.28. The lowest BCUT2D eigenvalue weighted by molar-refractivity contribution is -0.384. The number of hydrogen-bond donors (Lipinski definition) is 1. The number of nitrogens with one attached hydrogen (secondary N) is 1. The quantitative estimate of drug-likeness (QED) is 0.552. The van der Waals surface area contributed by atoms with E-state index < -0.39 is 4.92 Å². The van der Waals surface area contributed by atoms with Crippen molar-refractivity contribution < 1.29 is 9.72 Å². The number of amides is 1. The molecule has 2 heterocycles. The van der Waals surface area contributed by atoms with Gasteiger partial charge >= 0.3 is 0 Å². The highest BCUT2D eigenvalue weighted by atomic mass is 16.6. The smallest absolute Gasteiger partial charge is 0.293 e. The molecule has 2 aromatic rings. The molecule has 3 rings (SSSR count). The standard InChI is InChI=1S/C22H31N5O3/c1-15-6-5-9-25(13-15)20-8-7-19(11-21(20)27(29)30)22(28)23-12-16(2)14-26-18(4)10-17(3)24-26/h7-8,10-11,15-16H,5-6,9,12-14H2,1-4H3,(H,23,28)/t15-,16+/m1/s1. The molecule has 1 amide bonds. The second-order valence-electron chi connectivity index (χ2n) is 8.58. The third-order valence-corrected chi connectivity index (χ3v) is 5.63. The third-order valence-electron chi connectivity index (χ3n) is 5.63. The Morgan fingerprint density at radius 2 is 2.13 bits per heavy atom. The van der Waals surface area contributed by atoms with Gasteiger partial charge in [-0.05, 0) is 56.7 Å². The Labute approximate surface area is 177 Å². The van der Waals surface area contributed by atoms with Crippen LogP contribution < -0.4 is 10.2 Å². The molecule has 0 unspecified atom stereocenters. The average Bonchev–Trinajstić information content (AvgIpc) is 3.02. The fraction of sp³-hybridized carbons (Fsp3) is 0.545. The van der Waals surface area contributed by atoms with E-state index in [0.29, 0.717) is 30.3 Å². The monoisotopic (exact) mass is 413 g/mol. The van der Waals surface area contributed by atoms with Gasteiger partial charge in [-0.3, -0.25) is 19.6 Å². The van der Waals surface area contributed by atoms with Crippen LogP contribution in [0.15, 0.2) is 24.3 Å². The van der Waals surface area contributed by atoms with E-state index in [0.717, 1.165) is 37.3 Å². The number of benzene rings is 1. The molecule has 2 atom stereocenters. The molecule has 1 fully saturated rings. The van der Waals surface area contributed by atoms with Crippen LogP contribution in [0.3, 0.4) is 0 Å². The van der Waals surface area contributed by atoms with E-state index in [4.69, 9.17) is 0 Å². The molecule has 1 saturated heterocycles. The highest BCUT2D eigenvalue weighted by Gasteiger charge is 2.25. The maximum Gasteiger partial charge on any atom is 0.293 e. The van der Waals surface area contributed by atoms with E-state index in [-0.39, 0.29) is 17.5 Å². The van der Waals surface area contributed by atoms with Crippen LogP contribution in [0.5, 0.6) is 0 Å². The van der Waals surface area contributed by atoms with Crippen molar-refractivity contribution in [3.63, 3.8) is 0 Å². The Balaban J connectivity index is 1.66. The molecule has 1 aliphatic heterocycles. The number of carbonyl (C=O) groups excluding carboxylic acids is 1. The number of nitrogens with zero attached hydrogens (tertiary/aromatic N) is 4. The van der Waals surface area contributed by atoms with Crippen molar-refractivity contribution in [2.24, 2.45) is 11.8 Å². The van der Waals surface area contributed by atoms with Gasteiger partial charge in [0.2, 0.25) is 0 Å². The first-order valence-electron chi connectivity index (χ1n) is 10.6. The lowest BCUT2D eigenvalue weighted by Crippen LogP contribution is -2.34. The largest absolute Gasteiger partial charge is 0.366 e. The first kappa shape index (κ1) is 21.8. The summed E-state index contributed by atoms with van der Waals surface area (Å²) in [6.45, 7) is 10.9. The Bertz CT molecular complexity index is 923. The summed E-state index contributed by atoms with van der Waals surface area (Å²) in [5.74, 6) is 0.387. The highest BCUT2D eigenvalue weighted by Crippen LogP contribution is 2.32. The minimum Gasteiger partial charge on any atom is -0.366 e. The van der Waals surface area contributed by atoms with Gasteiger partial charge in [-0.15, -0.1) is 0 Å². The summed E-state index contributed by atoms with van der Waals surface area (Å²) in [6, 6.07) is 6.82. The predicted octanol–water partition coefficient (Wildman–Crippen LogP) is 3.71. The van der Waals surface area contributed by atoms with Gasteiger partial charge in [-0.1, -0.05) is 13.8 Å². The summed E-state index contributed by atoms with van der Waals surface area (Å²) in [5, 5.41) is 19.0. The number of aromatic nitrogens is 2. The Morgan fingerprint density at radius 1 is 1.37 bits per heavy atom. The normalized spacial score (nSPS) is 17.6. The summed E-state index contributed by atoms with van der Waals surface area (Å²) in [7, 11) is 0. The zero-order valence-electron chi connectivity index (χ0n) is 18.2. The molecular formula is C22H31N5O3. The van der Waals surface area contributed by atoms with Gasteiger partial charge in [0.05, 0.1) is 10.6 Å². The zero-order chi connectivity index (χ0) is 21.8. The number of aryl methyl sites for hydroxylation is 2. The lowest BCUT2D eigenvalue weighted by atomic mass is 9.99. The average molecular weight is 414 g/mol. The van der Waals surface area contributed by atoms with E-state index in [2.05, 4.69) is 22.2 Å². The van der Waals surface area contributed by atoms with Gasteiger partial charge in [-0.25, -0.2) is 0 Å². The molecule has 1 aromatic heterocycles. The molecule has 0 radical (unpaired) electrons. The minimum atomic E-state index is -0.392. The fourth-order valence-electron chi connectivity index (χ4n) is 4.08. The second-order valence-corrected chi connectivity index (χ2v) is 8.58. The van der Waals surface area contributed by atoms with Crippen LogP contribution in [0.25, 0.3) is 0 Å². The van der Waals surface area contributed by atoms with Crippen LogP contribution in [0.4, 0.5) is 11.4 Å². The van der Waals surface area contributed by atoms with Crippen LogP contribution in [0.1, 0.15) is 48.4 Å². The van der Waals surface area contributed by atoms with Gasteiger partial charge < -0.3 is 10.2 Å². The first-order valence-corrected chi connectivity index (χ1v) is 10.6. The lowest BCUT2D eigenvalue weighted by Gasteiger charge is -2.32. The maximum absolute atomic E-state index is 12.6. The van der Waals surface area contributed by atoms with Crippen LogP contribution in [0.2, 0.25) is 0 Å². The molecule has 8 heteroatoms. The summed E-state index contributed by atoms with van der Waals surface area (Å²) in [4.78, 5) is 25.9. The van der Waals surface area contributed by atoms with Gasteiger partial charge in [0, 0.05) is 43.5 Å². The van der Waals surface area contributed by atoms with Crippen molar-refractivity contribution in [2.75, 3.05) is 24.5 Å². The van der Waals surface area contributed by atoms with Gasteiger partial charge in [0.15, 0.2) is 0 Å². The molecule has 1 N–H and O–H groups in total. The molecule has 0 saturated carbocycles. The van der Waals surface area contributed by atoms with Gasteiger partial charge in [-0.2, -0.15) is 5.10 Å². The van der Waals surface area contributed by atoms with E-state index in [1.54, 1.807) is 12.1 Å². The molecule has 1 aromatic carbocycles. The highest BCUT2D eigenvalue weighted by molar-refractivity contribution is 5.95. The number of hydrogen-bond acceptors (Lipinski definition) is 5. The summed E-state index contributed by atoms with van der Waals surface area (Å²) < 4.78 is 1.94. The van der Waals surface area contributed by atoms with Gasteiger partial charge in [0.1, 0.15) is 5.69 Å². The molecule has 162 valence electrons. The number of anilines is 1. The van der Waals surface area contributed by atoms with Crippen molar-refractivity contribution in [3.8, 4) is 0 Å². The van der Waals surface area contributed by atoms with E-state index in [1.807, 2.05) is 31.5 Å². The van der Waals surface area contributed by atoms with Crippen molar-refractivity contribution in [3.05, 3.63) is 51.3 Å². The van der Waals surface area contributed by atoms with Crippen molar-refractivity contribution in [1.82, 2.24) is 15.1 Å². The zero-order valence-corrected chi connectivity index (χ0v) is 18.2. The third kappa shape index (κ3) is 5.17. The minimum absolute atomic E-state index is 0.00700. The van der Waals surface area contributed by atoms with Crippen LogP contribution >= 0.6 is 0 Å². The number of nitro groups is 1. The van der Waals surface area contributed by atoms with Crippen LogP contribution in [-0.4, -0.2) is 40.2 Å². The van der Waals surface area contributed by atoms with E-state index in [9.17, 15) is 14.9 Å². The molecule has 1 aliphatic rings. The topological polar surface area (TPSA) is 93.3 Å². The SMILES string of the molecule is Cc1cc(C)n(C[C@@H](C)CNC(=O)c2ccc(N3CCC[C@@H](C)C3)c([N+](=O)[O-])c2)n1. The number of rotatable bonds is 7. The van der Waals surface area contributed by atoms with Crippen molar-refractivity contribution in [1.29, 1.82) is 0 Å². The molecule has 0 aliphatic carbocycles. The molecule has 0 bridgehead atoms. The predicted molar refractivity (Wildman–Crippen MR) is 117 cm³/mol. The summed E-state index contributed by atoms with van der Waals surface area (Å²) >= 11 is 0. The van der Waals surface area contributed by atoms with Crippen molar-refractivity contribution >= 4 is 17.3 Å². The van der Waals surface area contributed by atoms with E-state index >= 15 is 0 Å². The number of nitro benzene ring substituents is 1. The number of piperidine rings is 1. The Hall–Kier alpha value is -2.90. The van der Waals surface area contributed by atoms with Crippen LogP contribution in [0, 0.1) is 35.8 Å². The maximum atomic E-state index is 12.6. The van der Waals surface area contributed by atoms with Crippen LogP contribution in [-0.2, 0) is 6.54 Å². The molecule has 8 nitrogen and oxygen atoms in total. The van der Waals surface area contributed by atoms with E-state index in [1.165, 1.54) is 6.07 Å². The molecule has 30 heavy (non-hydrogen) atoms. The Morgan fingerprint density at radius 3 is 2.77 bits per heavy atom. The van der Waals surface area contributed by atoms with Gasteiger partial charge in [0.25, 0.3) is 11.6 Å².